The Morgan fingerprint density at radius 3 is 2.61 bits per heavy atom. The number of benzene rings is 1. The topological polar surface area (TPSA) is 47.7 Å². The molecule has 0 spiro atoms. The minimum atomic E-state index is 0.252. The molecule has 2 unspecified atom stereocenters. The minimum Gasteiger partial charge on any atom is -0.492 e. The standard InChI is InChI=1S/C14H22N2O2/c1-4-17-14-7-12(5-6-13(14)15)16-8-10(2)18-11(3)9-16/h5-7,10-11H,4,8-9,15H2,1-3H3. The lowest BCUT2D eigenvalue weighted by molar-refractivity contribution is -0.00522. The number of hydrogen-bond acceptors (Lipinski definition) is 4. The van der Waals surface area contributed by atoms with Gasteiger partial charge < -0.3 is 20.1 Å². The normalized spacial score (nSPS) is 24.1. The van der Waals surface area contributed by atoms with E-state index in [1.54, 1.807) is 0 Å². The number of morpholine rings is 1. The van der Waals surface area contributed by atoms with E-state index in [1.807, 2.05) is 25.1 Å². The molecule has 0 radical (unpaired) electrons. The van der Waals surface area contributed by atoms with E-state index < -0.39 is 0 Å². The fraction of sp³-hybridized carbons (Fsp3) is 0.571. The Kier molecular flexibility index (Phi) is 3.97. The van der Waals surface area contributed by atoms with E-state index in [0.717, 1.165) is 24.5 Å². The average Bonchev–Trinajstić information content (AvgIpc) is 2.31. The number of rotatable bonds is 3. The van der Waals surface area contributed by atoms with Gasteiger partial charge in [-0.3, -0.25) is 0 Å². The van der Waals surface area contributed by atoms with E-state index in [4.69, 9.17) is 15.2 Å². The Balaban J connectivity index is 2.19. The second-order valence-corrected chi connectivity index (χ2v) is 4.82. The highest BCUT2D eigenvalue weighted by atomic mass is 16.5. The Labute approximate surface area is 109 Å². The molecule has 0 aliphatic carbocycles. The Morgan fingerprint density at radius 2 is 2.00 bits per heavy atom. The van der Waals surface area contributed by atoms with Crippen molar-refractivity contribution in [3.05, 3.63) is 18.2 Å². The predicted octanol–water partition coefficient (Wildman–Crippen LogP) is 2.28. The first-order chi connectivity index (χ1) is 8.60. The zero-order valence-corrected chi connectivity index (χ0v) is 11.3. The zero-order valence-electron chi connectivity index (χ0n) is 11.3. The van der Waals surface area contributed by atoms with E-state index in [1.165, 1.54) is 0 Å². The Bertz CT molecular complexity index is 399. The molecule has 0 amide bonds. The summed E-state index contributed by atoms with van der Waals surface area (Å²) in [6.45, 7) is 8.60. The number of nitrogen functional groups attached to an aromatic ring is 1. The molecule has 1 fully saturated rings. The lowest BCUT2D eigenvalue weighted by Gasteiger charge is -2.37. The maximum Gasteiger partial charge on any atom is 0.144 e. The van der Waals surface area contributed by atoms with E-state index in [9.17, 15) is 0 Å². The van der Waals surface area contributed by atoms with Gasteiger partial charge in [0.15, 0.2) is 0 Å². The maximum atomic E-state index is 5.89. The third kappa shape index (κ3) is 2.88. The summed E-state index contributed by atoms with van der Waals surface area (Å²) in [5.41, 5.74) is 7.73. The second kappa shape index (κ2) is 5.48. The molecule has 0 saturated carbocycles. The monoisotopic (exact) mass is 250 g/mol. The summed E-state index contributed by atoms with van der Waals surface area (Å²) in [6.07, 6.45) is 0.503. The number of anilines is 2. The van der Waals surface area contributed by atoms with Gasteiger partial charge in [-0.2, -0.15) is 0 Å². The lowest BCUT2D eigenvalue weighted by atomic mass is 10.2. The Hall–Kier alpha value is -1.42. The average molecular weight is 250 g/mol. The molecule has 18 heavy (non-hydrogen) atoms. The highest BCUT2D eigenvalue weighted by molar-refractivity contribution is 5.62. The first-order valence-corrected chi connectivity index (χ1v) is 6.53. The van der Waals surface area contributed by atoms with E-state index in [-0.39, 0.29) is 12.2 Å². The van der Waals surface area contributed by atoms with Gasteiger partial charge in [-0.05, 0) is 32.9 Å². The summed E-state index contributed by atoms with van der Waals surface area (Å²) in [5.74, 6) is 0.766. The molecular weight excluding hydrogens is 228 g/mol. The van der Waals surface area contributed by atoms with Crippen molar-refractivity contribution in [2.24, 2.45) is 0 Å². The van der Waals surface area contributed by atoms with Gasteiger partial charge in [-0.25, -0.2) is 0 Å². The first-order valence-electron chi connectivity index (χ1n) is 6.53. The van der Waals surface area contributed by atoms with Crippen LogP contribution in [0, 0.1) is 0 Å². The molecule has 1 aliphatic rings. The van der Waals surface area contributed by atoms with Crippen LogP contribution in [0.2, 0.25) is 0 Å². The zero-order chi connectivity index (χ0) is 13.1. The molecule has 100 valence electrons. The molecule has 1 aromatic rings. The number of hydrogen-bond donors (Lipinski definition) is 1. The van der Waals surface area contributed by atoms with Crippen LogP contribution in [0.25, 0.3) is 0 Å². The quantitative estimate of drug-likeness (QED) is 0.836. The summed E-state index contributed by atoms with van der Waals surface area (Å²) in [5, 5.41) is 0. The molecule has 2 rings (SSSR count). The van der Waals surface area contributed by atoms with Crippen molar-refractivity contribution >= 4 is 11.4 Å². The van der Waals surface area contributed by atoms with Crippen molar-refractivity contribution in [1.29, 1.82) is 0 Å². The van der Waals surface area contributed by atoms with Gasteiger partial charge in [0, 0.05) is 24.8 Å². The fourth-order valence-corrected chi connectivity index (χ4v) is 2.39. The molecule has 1 aliphatic heterocycles. The summed E-state index contributed by atoms with van der Waals surface area (Å²) >= 11 is 0. The van der Waals surface area contributed by atoms with Gasteiger partial charge in [0.2, 0.25) is 0 Å². The van der Waals surface area contributed by atoms with Crippen LogP contribution in [0.1, 0.15) is 20.8 Å². The van der Waals surface area contributed by atoms with Crippen molar-refractivity contribution in [2.75, 3.05) is 30.3 Å². The van der Waals surface area contributed by atoms with Crippen LogP contribution in [-0.4, -0.2) is 31.9 Å². The maximum absolute atomic E-state index is 5.89. The third-order valence-corrected chi connectivity index (χ3v) is 3.08. The first kappa shape index (κ1) is 13.0. The smallest absolute Gasteiger partial charge is 0.144 e. The van der Waals surface area contributed by atoms with Gasteiger partial charge >= 0.3 is 0 Å². The molecule has 1 heterocycles. The van der Waals surface area contributed by atoms with Crippen LogP contribution in [0.4, 0.5) is 11.4 Å². The summed E-state index contributed by atoms with van der Waals surface area (Å²) in [6, 6.07) is 5.97. The Morgan fingerprint density at radius 1 is 1.33 bits per heavy atom. The van der Waals surface area contributed by atoms with Crippen molar-refractivity contribution in [2.45, 2.75) is 33.0 Å². The van der Waals surface area contributed by atoms with E-state index in [2.05, 4.69) is 18.7 Å². The van der Waals surface area contributed by atoms with Crippen molar-refractivity contribution in [3.63, 3.8) is 0 Å². The third-order valence-electron chi connectivity index (χ3n) is 3.08. The summed E-state index contributed by atoms with van der Waals surface area (Å²) in [4.78, 5) is 2.32. The summed E-state index contributed by atoms with van der Waals surface area (Å²) in [7, 11) is 0. The van der Waals surface area contributed by atoms with Crippen LogP contribution in [0.5, 0.6) is 5.75 Å². The van der Waals surface area contributed by atoms with Gasteiger partial charge in [0.25, 0.3) is 0 Å². The minimum absolute atomic E-state index is 0.252. The molecule has 0 aromatic heterocycles. The summed E-state index contributed by atoms with van der Waals surface area (Å²) < 4.78 is 11.3. The fourth-order valence-electron chi connectivity index (χ4n) is 2.39. The lowest BCUT2D eigenvalue weighted by Crippen LogP contribution is -2.45. The largest absolute Gasteiger partial charge is 0.492 e. The van der Waals surface area contributed by atoms with Crippen molar-refractivity contribution in [1.82, 2.24) is 0 Å². The van der Waals surface area contributed by atoms with Crippen LogP contribution < -0.4 is 15.4 Å². The molecule has 1 saturated heterocycles. The van der Waals surface area contributed by atoms with Crippen molar-refractivity contribution in [3.8, 4) is 5.75 Å². The second-order valence-electron chi connectivity index (χ2n) is 4.82. The molecule has 4 nitrogen and oxygen atoms in total. The number of nitrogens with zero attached hydrogens (tertiary/aromatic N) is 1. The van der Waals surface area contributed by atoms with Gasteiger partial charge in [0.1, 0.15) is 5.75 Å². The van der Waals surface area contributed by atoms with Crippen LogP contribution in [-0.2, 0) is 4.74 Å². The number of ether oxygens (including phenoxy) is 2. The number of nitrogens with two attached hydrogens (primary N) is 1. The van der Waals surface area contributed by atoms with Gasteiger partial charge in [0.05, 0.1) is 24.5 Å². The van der Waals surface area contributed by atoms with E-state index >= 15 is 0 Å². The highest BCUT2D eigenvalue weighted by Crippen LogP contribution is 2.29. The SMILES string of the molecule is CCOc1cc(N2CC(C)OC(C)C2)ccc1N. The molecule has 1 aromatic carbocycles. The van der Waals surface area contributed by atoms with E-state index in [0.29, 0.717) is 12.3 Å². The predicted molar refractivity (Wildman–Crippen MR) is 74.2 cm³/mol. The van der Waals surface area contributed by atoms with Gasteiger partial charge in [-0.1, -0.05) is 0 Å². The van der Waals surface area contributed by atoms with Crippen molar-refractivity contribution < 1.29 is 9.47 Å². The van der Waals surface area contributed by atoms with Crippen LogP contribution >= 0.6 is 0 Å². The molecule has 2 atom stereocenters. The van der Waals surface area contributed by atoms with Crippen LogP contribution in [0.3, 0.4) is 0 Å². The van der Waals surface area contributed by atoms with Gasteiger partial charge in [-0.15, -0.1) is 0 Å². The van der Waals surface area contributed by atoms with Crippen LogP contribution in [0.15, 0.2) is 18.2 Å². The highest BCUT2D eigenvalue weighted by Gasteiger charge is 2.22. The molecule has 4 heteroatoms. The molecular formula is C14H22N2O2. The molecule has 0 bridgehead atoms. The molecule has 2 N–H and O–H groups in total.